The molecule has 0 radical (unpaired) electrons. The molecular formula is C12H15BrN4O2. The molecule has 3 heterocycles. The monoisotopic (exact) mass is 326 g/mol. The van der Waals surface area contributed by atoms with E-state index in [1.807, 2.05) is 6.20 Å². The average molecular weight is 327 g/mol. The normalized spacial score (nSPS) is 23.7. The molecule has 0 aliphatic carbocycles. The Labute approximate surface area is 119 Å². The molecule has 0 bridgehead atoms. The highest BCUT2D eigenvalue weighted by atomic mass is 79.9. The van der Waals surface area contributed by atoms with Crippen LogP contribution in [0.1, 0.15) is 37.4 Å². The van der Waals surface area contributed by atoms with E-state index < -0.39 is 0 Å². The standard InChI is InChI=1S/C12H15BrN4O2/c1-8-4-9(2-3-18-8)12-15-11(16-19-12)7-17-6-10(13)5-14-17/h5-6,8-9H,2-4,7H2,1H3/t8-,9+/m1/s1. The van der Waals surface area contributed by atoms with Crippen molar-refractivity contribution >= 4 is 15.9 Å². The lowest BCUT2D eigenvalue weighted by Gasteiger charge is -2.24. The third-order valence-corrected chi connectivity index (χ3v) is 3.63. The molecule has 2 aromatic heterocycles. The molecule has 19 heavy (non-hydrogen) atoms. The van der Waals surface area contributed by atoms with Gasteiger partial charge >= 0.3 is 0 Å². The first-order chi connectivity index (χ1) is 9.20. The van der Waals surface area contributed by atoms with Gasteiger partial charge in [0, 0.05) is 18.7 Å². The summed E-state index contributed by atoms with van der Waals surface area (Å²) >= 11 is 3.36. The third kappa shape index (κ3) is 3.03. The quantitative estimate of drug-likeness (QED) is 0.866. The van der Waals surface area contributed by atoms with E-state index in [1.165, 1.54) is 0 Å². The maximum atomic E-state index is 5.53. The summed E-state index contributed by atoms with van der Waals surface area (Å²) in [6.45, 7) is 3.36. The van der Waals surface area contributed by atoms with Gasteiger partial charge in [0.1, 0.15) is 6.54 Å². The summed E-state index contributed by atoms with van der Waals surface area (Å²) in [5, 5.41) is 8.19. The van der Waals surface area contributed by atoms with Gasteiger partial charge < -0.3 is 9.26 Å². The molecule has 2 atom stereocenters. The van der Waals surface area contributed by atoms with E-state index in [-0.39, 0.29) is 6.10 Å². The molecule has 0 saturated carbocycles. The highest BCUT2D eigenvalue weighted by Gasteiger charge is 2.25. The molecule has 0 spiro atoms. The highest BCUT2D eigenvalue weighted by molar-refractivity contribution is 9.10. The van der Waals surface area contributed by atoms with Crippen LogP contribution in [-0.2, 0) is 11.3 Å². The smallest absolute Gasteiger partial charge is 0.230 e. The molecule has 0 aromatic carbocycles. The molecule has 0 amide bonds. The molecule has 3 rings (SSSR count). The Bertz CT molecular complexity index is 553. The van der Waals surface area contributed by atoms with E-state index in [1.54, 1.807) is 10.9 Å². The SMILES string of the molecule is C[C@@H]1C[C@@H](c2nc(Cn3cc(Br)cn3)no2)CCO1. The van der Waals surface area contributed by atoms with Gasteiger partial charge in [-0.05, 0) is 35.7 Å². The van der Waals surface area contributed by atoms with Crippen LogP contribution < -0.4 is 0 Å². The number of nitrogens with zero attached hydrogens (tertiary/aromatic N) is 4. The summed E-state index contributed by atoms with van der Waals surface area (Å²) < 4.78 is 13.6. The van der Waals surface area contributed by atoms with Crippen LogP contribution in [0.25, 0.3) is 0 Å². The fourth-order valence-corrected chi connectivity index (χ4v) is 2.62. The highest BCUT2D eigenvalue weighted by Crippen LogP contribution is 2.28. The molecule has 1 aliphatic rings. The van der Waals surface area contributed by atoms with E-state index in [0.29, 0.717) is 18.3 Å². The summed E-state index contributed by atoms with van der Waals surface area (Å²) in [6.07, 6.45) is 5.76. The minimum absolute atomic E-state index is 0.260. The number of hydrogen-bond donors (Lipinski definition) is 0. The second-order valence-corrected chi connectivity index (χ2v) is 5.72. The number of rotatable bonds is 3. The minimum atomic E-state index is 0.260. The van der Waals surface area contributed by atoms with E-state index in [2.05, 4.69) is 38.1 Å². The van der Waals surface area contributed by atoms with Crippen LogP contribution in [0.5, 0.6) is 0 Å². The predicted molar refractivity (Wildman–Crippen MR) is 70.7 cm³/mol. The van der Waals surface area contributed by atoms with Crippen molar-refractivity contribution in [3.05, 3.63) is 28.6 Å². The van der Waals surface area contributed by atoms with Gasteiger partial charge in [-0.25, -0.2) is 0 Å². The Morgan fingerprint density at radius 2 is 2.42 bits per heavy atom. The van der Waals surface area contributed by atoms with E-state index in [9.17, 15) is 0 Å². The fourth-order valence-electron chi connectivity index (χ4n) is 2.29. The van der Waals surface area contributed by atoms with Crippen molar-refractivity contribution in [2.45, 2.75) is 38.3 Å². The van der Waals surface area contributed by atoms with Crippen LogP contribution in [-0.4, -0.2) is 32.6 Å². The molecule has 7 heteroatoms. The maximum absolute atomic E-state index is 5.53. The lowest BCUT2D eigenvalue weighted by Crippen LogP contribution is -2.22. The fraction of sp³-hybridized carbons (Fsp3) is 0.583. The molecule has 2 aromatic rings. The van der Waals surface area contributed by atoms with Gasteiger partial charge in [0.05, 0.1) is 16.8 Å². The largest absolute Gasteiger partial charge is 0.378 e. The lowest BCUT2D eigenvalue weighted by atomic mass is 9.96. The molecule has 1 aliphatic heterocycles. The zero-order chi connectivity index (χ0) is 13.2. The Morgan fingerprint density at radius 3 is 3.16 bits per heavy atom. The van der Waals surface area contributed by atoms with Gasteiger partial charge in [-0.1, -0.05) is 5.16 Å². The van der Waals surface area contributed by atoms with Crippen LogP contribution in [0.4, 0.5) is 0 Å². The number of ether oxygens (including phenoxy) is 1. The Balaban J connectivity index is 1.69. The van der Waals surface area contributed by atoms with Crippen LogP contribution in [0.2, 0.25) is 0 Å². The summed E-state index contributed by atoms with van der Waals surface area (Å²) in [5.74, 6) is 1.69. The first-order valence-corrected chi connectivity index (χ1v) is 7.12. The van der Waals surface area contributed by atoms with Crippen molar-refractivity contribution in [1.29, 1.82) is 0 Å². The van der Waals surface area contributed by atoms with Gasteiger partial charge in [0.2, 0.25) is 5.89 Å². The predicted octanol–water partition coefficient (Wildman–Crippen LogP) is 2.36. The molecule has 1 saturated heterocycles. The first kappa shape index (κ1) is 12.8. The van der Waals surface area contributed by atoms with Crippen molar-refractivity contribution in [1.82, 2.24) is 19.9 Å². The first-order valence-electron chi connectivity index (χ1n) is 6.33. The summed E-state index contributed by atoms with van der Waals surface area (Å²) in [5.41, 5.74) is 0. The molecule has 102 valence electrons. The zero-order valence-corrected chi connectivity index (χ0v) is 12.2. The van der Waals surface area contributed by atoms with Crippen LogP contribution in [0.15, 0.2) is 21.4 Å². The molecule has 0 unspecified atom stereocenters. The van der Waals surface area contributed by atoms with Gasteiger partial charge in [-0.3, -0.25) is 4.68 Å². The number of hydrogen-bond acceptors (Lipinski definition) is 5. The van der Waals surface area contributed by atoms with E-state index in [0.717, 1.165) is 29.8 Å². The molecule has 0 N–H and O–H groups in total. The van der Waals surface area contributed by atoms with Gasteiger partial charge in [0.15, 0.2) is 5.82 Å². The van der Waals surface area contributed by atoms with Crippen LogP contribution in [0.3, 0.4) is 0 Å². The van der Waals surface area contributed by atoms with Crippen LogP contribution >= 0.6 is 15.9 Å². The minimum Gasteiger partial charge on any atom is -0.378 e. The van der Waals surface area contributed by atoms with Crippen molar-refractivity contribution in [3.8, 4) is 0 Å². The second kappa shape index (κ2) is 5.42. The van der Waals surface area contributed by atoms with E-state index in [4.69, 9.17) is 9.26 Å². The van der Waals surface area contributed by atoms with Gasteiger partial charge in [-0.15, -0.1) is 0 Å². The topological polar surface area (TPSA) is 66.0 Å². The van der Waals surface area contributed by atoms with Crippen molar-refractivity contribution in [2.24, 2.45) is 0 Å². The summed E-state index contributed by atoms with van der Waals surface area (Å²) in [6, 6.07) is 0. The van der Waals surface area contributed by atoms with Crippen LogP contribution in [0, 0.1) is 0 Å². The Hall–Kier alpha value is -1.21. The van der Waals surface area contributed by atoms with Crippen molar-refractivity contribution < 1.29 is 9.26 Å². The summed E-state index contributed by atoms with van der Waals surface area (Å²) in [4.78, 5) is 4.46. The number of aromatic nitrogens is 4. The maximum Gasteiger partial charge on any atom is 0.230 e. The van der Waals surface area contributed by atoms with Crippen molar-refractivity contribution in [3.63, 3.8) is 0 Å². The second-order valence-electron chi connectivity index (χ2n) is 4.81. The molecule has 6 nitrogen and oxygen atoms in total. The van der Waals surface area contributed by atoms with Crippen molar-refractivity contribution in [2.75, 3.05) is 6.61 Å². The van der Waals surface area contributed by atoms with Gasteiger partial charge in [-0.2, -0.15) is 10.1 Å². The molecule has 1 fully saturated rings. The average Bonchev–Trinajstić information content (AvgIpc) is 2.99. The van der Waals surface area contributed by atoms with Gasteiger partial charge in [0.25, 0.3) is 0 Å². The summed E-state index contributed by atoms with van der Waals surface area (Å²) in [7, 11) is 0. The zero-order valence-electron chi connectivity index (χ0n) is 10.6. The van der Waals surface area contributed by atoms with E-state index >= 15 is 0 Å². The Kier molecular flexibility index (Phi) is 3.65. The lowest BCUT2D eigenvalue weighted by molar-refractivity contribution is 0.0134. The third-order valence-electron chi connectivity index (χ3n) is 3.22. The number of halogens is 1. The Morgan fingerprint density at radius 1 is 1.53 bits per heavy atom. The molecular weight excluding hydrogens is 312 g/mol.